The third-order valence-electron chi connectivity index (χ3n) is 3.49. The predicted octanol–water partition coefficient (Wildman–Crippen LogP) is 4.44. The zero-order valence-corrected chi connectivity index (χ0v) is 16.6. The van der Waals surface area contributed by atoms with Crippen molar-refractivity contribution in [1.29, 1.82) is 0 Å². The molecule has 1 atom stereocenters. The summed E-state index contributed by atoms with van der Waals surface area (Å²) in [6.45, 7) is 1.57. The van der Waals surface area contributed by atoms with Crippen LogP contribution in [-0.2, 0) is 11.0 Å². The van der Waals surface area contributed by atoms with Crippen molar-refractivity contribution >= 4 is 35.1 Å². The number of hydrogen-bond acceptors (Lipinski definition) is 4. The molecule has 0 heterocycles. The van der Waals surface area contributed by atoms with E-state index in [1.54, 1.807) is 38.2 Å². The number of nitrogens with one attached hydrogen (secondary N) is 1. The van der Waals surface area contributed by atoms with Crippen molar-refractivity contribution in [3.05, 3.63) is 54.1 Å². The molecule has 0 fully saturated rings. The third-order valence-corrected chi connectivity index (χ3v) is 4.06. The van der Waals surface area contributed by atoms with Crippen LogP contribution in [0, 0.1) is 0 Å². The van der Waals surface area contributed by atoms with E-state index in [-0.39, 0.29) is 10.1 Å². The Kier molecular flexibility index (Phi) is 7.14. The number of ether oxygens (including phenoxy) is 2. The van der Waals surface area contributed by atoms with Crippen molar-refractivity contribution in [1.82, 2.24) is 10.4 Å². The molecule has 28 heavy (non-hydrogen) atoms. The molecule has 150 valence electrons. The highest BCUT2D eigenvalue weighted by atomic mass is 32.1. The van der Waals surface area contributed by atoms with Crippen LogP contribution in [0.1, 0.15) is 12.5 Å². The molecule has 0 bridgehead atoms. The first-order valence-corrected chi connectivity index (χ1v) is 8.81. The smallest absolute Gasteiger partial charge is 0.416 e. The summed E-state index contributed by atoms with van der Waals surface area (Å²) in [5.74, 6) is 0.673. The van der Waals surface area contributed by atoms with Crippen molar-refractivity contribution in [3.8, 4) is 17.2 Å². The summed E-state index contributed by atoms with van der Waals surface area (Å²) in [5.41, 5.74) is 1.76. The molecule has 2 aromatic rings. The first-order chi connectivity index (χ1) is 13.1. The van der Waals surface area contributed by atoms with Crippen LogP contribution in [0.3, 0.4) is 0 Å². The molecule has 0 radical (unpaired) electrons. The van der Waals surface area contributed by atoms with E-state index in [4.69, 9.17) is 21.7 Å². The topological polar surface area (TPSA) is 50.8 Å². The number of carbonyl (C=O) groups is 1. The van der Waals surface area contributed by atoms with Gasteiger partial charge in [0.1, 0.15) is 17.2 Å². The summed E-state index contributed by atoms with van der Waals surface area (Å²) in [7, 11) is 1.55. The lowest BCUT2D eigenvalue weighted by Crippen LogP contribution is -2.46. The van der Waals surface area contributed by atoms with Crippen LogP contribution in [0.4, 0.5) is 13.2 Å². The highest BCUT2D eigenvalue weighted by Gasteiger charge is 2.30. The van der Waals surface area contributed by atoms with Crippen LogP contribution in [0.5, 0.6) is 17.2 Å². The van der Waals surface area contributed by atoms with Crippen molar-refractivity contribution in [2.45, 2.75) is 19.2 Å². The third kappa shape index (κ3) is 6.31. The van der Waals surface area contributed by atoms with Crippen molar-refractivity contribution in [2.24, 2.45) is 0 Å². The SMILES string of the molecule is CC(Oc1ccc(Oc2ccc(C(F)(F)F)cc2)cc1)C(=O)NN(C)C(=S)S. The van der Waals surface area contributed by atoms with E-state index in [0.717, 1.165) is 12.1 Å². The van der Waals surface area contributed by atoms with E-state index in [1.165, 1.54) is 17.1 Å². The van der Waals surface area contributed by atoms with Gasteiger partial charge in [-0.15, -0.1) is 12.6 Å². The van der Waals surface area contributed by atoms with Gasteiger partial charge in [-0.1, -0.05) is 12.2 Å². The molecule has 5 nitrogen and oxygen atoms in total. The summed E-state index contributed by atoms with van der Waals surface area (Å²) < 4.78 is 48.9. The number of hydrazine groups is 1. The number of hydrogen-bond donors (Lipinski definition) is 2. The minimum absolute atomic E-state index is 0.199. The monoisotopic (exact) mass is 430 g/mol. The highest BCUT2D eigenvalue weighted by Crippen LogP contribution is 2.31. The summed E-state index contributed by atoms with van der Waals surface area (Å²) >= 11 is 8.75. The largest absolute Gasteiger partial charge is 0.481 e. The maximum absolute atomic E-state index is 12.6. The van der Waals surface area contributed by atoms with Gasteiger partial charge in [-0.25, -0.2) is 0 Å². The van der Waals surface area contributed by atoms with Gasteiger partial charge in [0.2, 0.25) is 0 Å². The average Bonchev–Trinajstić information content (AvgIpc) is 2.62. The molecule has 0 aliphatic carbocycles. The molecule has 0 aliphatic rings. The molecule has 0 spiro atoms. The lowest BCUT2D eigenvalue weighted by molar-refractivity contribution is -0.137. The number of rotatable bonds is 5. The molecule has 10 heteroatoms. The van der Waals surface area contributed by atoms with Crippen LogP contribution in [0.25, 0.3) is 0 Å². The lowest BCUT2D eigenvalue weighted by Gasteiger charge is -2.21. The number of halogens is 3. The van der Waals surface area contributed by atoms with Gasteiger partial charge >= 0.3 is 6.18 Å². The Bertz CT molecular complexity index is 827. The fourth-order valence-corrected chi connectivity index (χ4v) is 2.09. The van der Waals surface area contributed by atoms with Crippen LogP contribution >= 0.6 is 24.8 Å². The summed E-state index contributed by atoms with van der Waals surface area (Å²) in [6.07, 6.45) is -5.19. The first kappa shape index (κ1) is 21.8. The Balaban J connectivity index is 1.94. The fraction of sp³-hybridized carbons (Fsp3) is 0.222. The highest BCUT2D eigenvalue weighted by molar-refractivity contribution is 8.10. The standard InChI is InChI=1S/C18H17F3N2O3S2/c1-11(16(24)22-23(2)17(27)28)25-13-7-9-15(10-8-13)26-14-5-3-12(4-6-14)18(19,20)21/h3-11H,1-2H3,(H,22,24)(H,27,28). The minimum atomic E-state index is -4.40. The van der Waals surface area contributed by atoms with E-state index in [2.05, 4.69) is 18.1 Å². The Morgan fingerprint density at radius 3 is 2.00 bits per heavy atom. The number of benzene rings is 2. The van der Waals surface area contributed by atoms with Gasteiger partial charge in [0, 0.05) is 7.05 Å². The molecular weight excluding hydrogens is 413 g/mol. The van der Waals surface area contributed by atoms with E-state index in [9.17, 15) is 18.0 Å². The van der Waals surface area contributed by atoms with E-state index in [1.807, 2.05) is 0 Å². The van der Waals surface area contributed by atoms with Gasteiger partial charge in [-0.3, -0.25) is 15.2 Å². The van der Waals surface area contributed by atoms with E-state index >= 15 is 0 Å². The number of thiocarbonyl (C=S) groups is 1. The maximum Gasteiger partial charge on any atom is 0.416 e. The van der Waals surface area contributed by atoms with Gasteiger partial charge in [0.15, 0.2) is 10.4 Å². The van der Waals surface area contributed by atoms with E-state index in [0.29, 0.717) is 11.5 Å². The van der Waals surface area contributed by atoms with Crippen LogP contribution in [0.15, 0.2) is 48.5 Å². The summed E-state index contributed by atoms with van der Waals surface area (Å²) in [5, 5.41) is 1.28. The second kappa shape index (κ2) is 9.16. The maximum atomic E-state index is 12.6. The summed E-state index contributed by atoms with van der Waals surface area (Å²) in [4.78, 5) is 12.0. The Morgan fingerprint density at radius 2 is 1.54 bits per heavy atom. The second-order valence-corrected chi connectivity index (χ2v) is 6.79. The van der Waals surface area contributed by atoms with Gasteiger partial charge in [-0.05, 0) is 55.5 Å². The fourth-order valence-electron chi connectivity index (χ4n) is 2.00. The van der Waals surface area contributed by atoms with Gasteiger partial charge in [-0.2, -0.15) is 13.2 Å². The minimum Gasteiger partial charge on any atom is -0.481 e. The molecule has 0 saturated heterocycles. The zero-order chi connectivity index (χ0) is 20.9. The van der Waals surface area contributed by atoms with Crippen molar-refractivity contribution in [3.63, 3.8) is 0 Å². The Morgan fingerprint density at radius 1 is 1.07 bits per heavy atom. The Labute approximate surface area is 170 Å². The number of carbonyl (C=O) groups excluding carboxylic acids is 1. The van der Waals surface area contributed by atoms with Crippen molar-refractivity contribution < 1.29 is 27.4 Å². The molecule has 0 saturated carbocycles. The average molecular weight is 430 g/mol. The van der Waals surface area contributed by atoms with Gasteiger partial charge < -0.3 is 9.47 Å². The van der Waals surface area contributed by atoms with Gasteiger partial charge in [0.05, 0.1) is 5.56 Å². The molecule has 1 N–H and O–H groups in total. The van der Waals surface area contributed by atoms with E-state index < -0.39 is 23.8 Å². The first-order valence-electron chi connectivity index (χ1n) is 7.95. The van der Waals surface area contributed by atoms with Crippen LogP contribution < -0.4 is 14.9 Å². The molecule has 1 unspecified atom stereocenters. The lowest BCUT2D eigenvalue weighted by atomic mass is 10.2. The normalized spacial score (nSPS) is 12.1. The second-order valence-electron chi connectivity index (χ2n) is 5.67. The quantitative estimate of drug-likeness (QED) is 0.417. The van der Waals surface area contributed by atoms with Gasteiger partial charge in [0.25, 0.3) is 5.91 Å². The molecule has 1 amide bonds. The van der Waals surface area contributed by atoms with Crippen LogP contribution in [0.2, 0.25) is 0 Å². The number of thiol groups is 1. The summed E-state index contributed by atoms with van der Waals surface area (Å²) in [6, 6.07) is 10.7. The molecule has 0 aliphatic heterocycles. The number of nitrogens with zero attached hydrogens (tertiary/aromatic N) is 1. The van der Waals surface area contributed by atoms with Crippen molar-refractivity contribution in [2.75, 3.05) is 7.05 Å². The van der Waals surface area contributed by atoms with Crippen LogP contribution in [-0.4, -0.2) is 28.4 Å². The molecule has 0 aromatic heterocycles. The number of alkyl halides is 3. The molecule has 2 rings (SSSR count). The molecule has 2 aromatic carbocycles. The predicted molar refractivity (Wildman–Crippen MR) is 106 cm³/mol. The zero-order valence-electron chi connectivity index (χ0n) is 14.9. The Hall–Kier alpha value is -2.46. The molecular formula is C18H17F3N2O3S2. The number of amides is 1.